The average Bonchev–Trinajstić information content (AvgIpc) is 2.38. The number of ether oxygens (including phenoxy) is 1. The highest BCUT2D eigenvalue weighted by Crippen LogP contribution is 2.24. The standard InChI is InChI=1S/C13H23N3O3S/c1-10(2)16(3)8-7-15-20(17,18)11-5-6-13(19-4)12(14)9-11/h5-6,9-10,15H,7-8,14H2,1-4H3. The van der Waals surface area contributed by atoms with E-state index >= 15 is 0 Å². The minimum absolute atomic E-state index is 0.142. The Balaban J connectivity index is 2.72. The fourth-order valence-corrected chi connectivity index (χ4v) is 2.63. The molecule has 0 fully saturated rings. The molecule has 1 aromatic carbocycles. The quantitative estimate of drug-likeness (QED) is 0.731. The van der Waals surface area contributed by atoms with E-state index in [9.17, 15) is 8.42 Å². The Hall–Kier alpha value is -1.31. The van der Waals surface area contributed by atoms with Crippen LogP contribution in [0.3, 0.4) is 0 Å². The second-order valence-corrected chi connectivity index (χ2v) is 6.64. The van der Waals surface area contributed by atoms with Crippen molar-refractivity contribution >= 4 is 15.7 Å². The van der Waals surface area contributed by atoms with Crippen molar-refractivity contribution in [3.05, 3.63) is 18.2 Å². The molecule has 3 N–H and O–H groups in total. The summed E-state index contributed by atoms with van der Waals surface area (Å²) in [4.78, 5) is 2.20. The molecule has 0 aliphatic rings. The Kier molecular flexibility index (Phi) is 5.79. The van der Waals surface area contributed by atoms with Gasteiger partial charge in [-0.3, -0.25) is 0 Å². The van der Waals surface area contributed by atoms with Crippen molar-refractivity contribution in [3.63, 3.8) is 0 Å². The third-order valence-electron chi connectivity index (χ3n) is 3.15. The molecule has 0 unspecified atom stereocenters. The molecule has 0 radical (unpaired) electrons. The molecule has 0 bridgehead atoms. The molecule has 0 saturated heterocycles. The molecule has 7 heteroatoms. The number of nitrogen functional groups attached to an aromatic ring is 1. The van der Waals surface area contributed by atoms with E-state index in [0.717, 1.165) is 0 Å². The van der Waals surface area contributed by atoms with Gasteiger partial charge >= 0.3 is 0 Å². The zero-order chi connectivity index (χ0) is 15.3. The first kappa shape index (κ1) is 16.7. The summed E-state index contributed by atoms with van der Waals surface area (Å²) in [5.74, 6) is 0.462. The van der Waals surface area contributed by atoms with E-state index in [4.69, 9.17) is 10.5 Å². The van der Waals surface area contributed by atoms with Gasteiger partial charge in [-0.2, -0.15) is 0 Å². The summed E-state index contributed by atoms with van der Waals surface area (Å²) in [5, 5.41) is 0. The minimum atomic E-state index is -3.54. The van der Waals surface area contributed by atoms with Crippen molar-refractivity contribution in [3.8, 4) is 5.75 Å². The molecule has 0 aliphatic carbocycles. The Morgan fingerprint density at radius 3 is 2.55 bits per heavy atom. The molecule has 1 rings (SSSR count). The van der Waals surface area contributed by atoms with E-state index in [1.807, 2.05) is 7.05 Å². The lowest BCUT2D eigenvalue weighted by molar-refractivity contribution is 0.278. The van der Waals surface area contributed by atoms with Gasteiger partial charge < -0.3 is 15.4 Å². The van der Waals surface area contributed by atoms with Gasteiger partial charge in [-0.1, -0.05) is 0 Å². The molecule has 0 atom stereocenters. The number of nitrogens with zero attached hydrogens (tertiary/aromatic N) is 1. The van der Waals surface area contributed by atoms with Gasteiger partial charge in [0.15, 0.2) is 0 Å². The molecule has 114 valence electrons. The van der Waals surface area contributed by atoms with E-state index in [-0.39, 0.29) is 4.90 Å². The second-order valence-electron chi connectivity index (χ2n) is 4.88. The van der Waals surface area contributed by atoms with Gasteiger partial charge in [-0.05, 0) is 39.1 Å². The summed E-state index contributed by atoms with van der Waals surface area (Å²) in [5.41, 5.74) is 6.02. The molecule has 0 saturated carbocycles. The van der Waals surface area contributed by atoms with Crippen LogP contribution in [0.1, 0.15) is 13.8 Å². The molecule has 6 nitrogen and oxygen atoms in total. The van der Waals surface area contributed by atoms with Crippen LogP contribution in [-0.4, -0.2) is 46.6 Å². The predicted octanol–water partition coefficient (Wildman–Crippen LogP) is 0.896. The molecule has 0 aromatic heterocycles. The molecule has 0 aliphatic heterocycles. The molecule has 1 aromatic rings. The number of sulfonamides is 1. The average molecular weight is 301 g/mol. The van der Waals surface area contributed by atoms with Crippen LogP contribution in [-0.2, 0) is 10.0 Å². The number of nitrogens with two attached hydrogens (primary N) is 1. The Bertz CT molecular complexity index is 544. The highest BCUT2D eigenvalue weighted by atomic mass is 32.2. The van der Waals surface area contributed by atoms with Crippen LogP contribution >= 0.6 is 0 Å². The van der Waals surface area contributed by atoms with Crippen LogP contribution in [0, 0.1) is 0 Å². The van der Waals surface area contributed by atoms with E-state index in [1.165, 1.54) is 19.2 Å². The predicted molar refractivity (Wildman–Crippen MR) is 80.4 cm³/mol. The van der Waals surface area contributed by atoms with E-state index in [2.05, 4.69) is 23.5 Å². The van der Waals surface area contributed by atoms with Crippen LogP contribution in [0.5, 0.6) is 5.75 Å². The number of rotatable bonds is 7. The number of likely N-dealkylation sites (N-methyl/N-ethyl adjacent to an activating group) is 1. The largest absolute Gasteiger partial charge is 0.495 e. The van der Waals surface area contributed by atoms with Crippen LogP contribution in [0.4, 0.5) is 5.69 Å². The van der Waals surface area contributed by atoms with Gasteiger partial charge in [0.25, 0.3) is 0 Å². The Morgan fingerprint density at radius 1 is 1.40 bits per heavy atom. The summed E-state index contributed by atoms with van der Waals surface area (Å²) in [6.45, 7) is 5.10. The maximum Gasteiger partial charge on any atom is 0.240 e. The third kappa shape index (κ3) is 4.36. The third-order valence-corrected chi connectivity index (χ3v) is 4.61. The van der Waals surface area contributed by atoms with E-state index < -0.39 is 10.0 Å². The van der Waals surface area contributed by atoms with E-state index in [1.54, 1.807) is 6.07 Å². The van der Waals surface area contributed by atoms with Gasteiger partial charge in [0.2, 0.25) is 10.0 Å². The highest BCUT2D eigenvalue weighted by molar-refractivity contribution is 7.89. The zero-order valence-corrected chi connectivity index (χ0v) is 13.2. The normalized spacial score (nSPS) is 12.1. The van der Waals surface area contributed by atoms with Gasteiger partial charge in [-0.15, -0.1) is 0 Å². The van der Waals surface area contributed by atoms with Crippen molar-refractivity contribution in [1.29, 1.82) is 0 Å². The summed E-state index contributed by atoms with van der Waals surface area (Å²) in [7, 11) is -0.107. The van der Waals surface area contributed by atoms with Crippen LogP contribution in [0.25, 0.3) is 0 Å². The zero-order valence-electron chi connectivity index (χ0n) is 12.4. The lowest BCUT2D eigenvalue weighted by atomic mass is 10.3. The van der Waals surface area contributed by atoms with Crippen molar-refractivity contribution in [2.75, 3.05) is 33.0 Å². The van der Waals surface area contributed by atoms with Gasteiger partial charge in [0.05, 0.1) is 17.7 Å². The number of methoxy groups -OCH3 is 1. The molecular formula is C13H23N3O3S. The van der Waals surface area contributed by atoms with Crippen molar-refractivity contribution in [1.82, 2.24) is 9.62 Å². The SMILES string of the molecule is COc1ccc(S(=O)(=O)NCCN(C)C(C)C)cc1N. The molecule has 20 heavy (non-hydrogen) atoms. The van der Waals surface area contributed by atoms with Crippen molar-refractivity contribution in [2.45, 2.75) is 24.8 Å². The number of nitrogens with one attached hydrogen (secondary N) is 1. The number of benzene rings is 1. The molecule has 0 amide bonds. The fraction of sp³-hybridized carbons (Fsp3) is 0.538. The fourth-order valence-electron chi connectivity index (χ4n) is 1.58. The summed E-state index contributed by atoms with van der Waals surface area (Å²) >= 11 is 0. The first-order valence-electron chi connectivity index (χ1n) is 6.41. The Morgan fingerprint density at radius 2 is 2.05 bits per heavy atom. The summed E-state index contributed by atoms with van der Waals surface area (Å²) in [6, 6.07) is 4.79. The van der Waals surface area contributed by atoms with Crippen molar-refractivity contribution < 1.29 is 13.2 Å². The van der Waals surface area contributed by atoms with Crippen LogP contribution in [0.2, 0.25) is 0 Å². The van der Waals surface area contributed by atoms with Crippen molar-refractivity contribution in [2.24, 2.45) is 0 Å². The van der Waals surface area contributed by atoms with Gasteiger partial charge in [0, 0.05) is 19.1 Å². The van der Waals surface area contributed by atoms with Crippen LogP contribution in [0.15, 0.2) is 23.1 Å². The topological polar surface area (TPSA) is 84.7 Å². The molecular weight excluding hydrogens is 278 g/mol. The second kappa shape index (κ2) is 6.92. The lowest BCUT2D eigenvalue weighted by Gasteiger charge is -2.20. The summed E-state index contributed by atoms with van der Waals surface area (Å²) < 4.78 is 31.8. The monoisotopic (exact) mass is 301 g/mol. The molecule has 0 heterocycles. The number of hydrogen-bond acceptors (Lipinski definition) is 5. The minimum Gasteiger partial charge on any atom is -0.495 e. The highest BCUT2D eigenvalue weighted by Gasteiger charge is 2.15. The van der Waals surface area contributed by atoms with E-state index in [0.29, 0.717) is 30.6 Å². The first-order valence-corrected chi connectivity index (χ1v) is 7.89. The maximum atomic E-state index is 12.1. The first-order chi connectivity index (χ1) is 9.27. The number of anilines is 1. The Labute approximate surface area is 121 Å². The summed E-state index contributed by atoms with van der Waals surface area (Å²) in [6.07, 6.45) is 0. The number of hydrogen-bond donors (Lipinski definition) is 2. The molecule has 0 spiro atoms. The maximum absolute atomic E-state index is 12.1. The van der Waals surface area contributed by atoms with Gasteiger partial charge in [0.1, 0.15) is 5.75 Å². The smallest absolute Gasteiger partial charge is 0.240 e. The lowest BCUT2D eigenvalue weighted by Crippen LogP contribution is -2.36. The van der Waals surface area contributed by atoms with Gasteiger partial charge in [-0.25, -0.2) is 13.1 Å². The van der Waals surface area contributed by atoms with Crippen LogP contribution < -0.4 is 15.2 Å².